The van der Waals surface area contributed by atoms with E-state index in [1.807, 2.05) is 37.0 Å². The number of rotatable bonds is 4. The third-order valence-electron chi connectivity index (χ3n) is 4.10. The molecule has 1 amide bonds. The average Bonchev–Trinajstić information content (AvgIpc) is 2.90. The maximum absolute atomic E-state index is 12.4. The molecule has 4 nitrogen and oxygen atoms in total. The highest BCUT2D eigenvalue weighted by Crippen LogP contribution is 2.24. The standard InChI is InChI=1S/C18H30N2O2S/c1-13-9-10-16(23-13)14(2)19-12-15-8-6-7-11-20(15)17(21)22-18(3,4)5/h9-10,14-15,19H,6-8,11-12H2,1-5H3. The van der Waals surface area contributed by atoms with Crippen LogP contribution < -0.4 is 5.32 Å². The van der Waals surface area contributed by atoms with Gasteiger partial charge in [-0.25, -0.2) is 4.79 Å². The normalized spacial score (nSPS) is 20.4. The van der Waals surface area contributed by atoms with Crippen LogP contribution in [0.4, 0.5) is 4.79 Å². The predicted molar refractivity (Wildman–Crippen MR) is 96.1 cm³/mol. The van der Waals surface area contributed by atoms with Gasteiger partial charge in [0, 0.05) is 34.9 Å². The van der Waals surface area contributed by atoms with Crippen molar-refractivity contribution in [2.45, 2.75) is 71.6 Å². The van der Waals surface area contributed by atoms with Gasteiger partial charge in [0.25, 0.3) is 0 Å². The second-order valence-corrected chi connectivity index (χ2v) is 8.72. The van der Waals surface area contributed by atoms with Gasteiger partial charge in [0.1, 0.15) is 5.60 Å². The van der Waals surface area contributed by atoms with E-state index in [2.05, 4.69) is 31.3 Å². The third-order valence-corrected chi connectivity index (χ3v) is 5.29. The summed E-state index contributed by atoms with van der Waals surface area (Å²) in [6.45, 7) is 11.7. The van der Waals surface area contributed by atoms with Crippen molar-refractivity contribution in [1.82, 2.24) is 10.2 Å². The molecule has 1 N–H and O–H groups in total. The molecule has 1 aliphatic rings. The molecule has 2 heterocycles. The largest absolute Gasteiger partial charge is 0.444 e. The lowest BCUT2D eigenvalue weighted by molar-refractivity contribution is 0.00971. The molecule has 0 radical (unpaired) electrons. The Morgan fingerprint density at radius 3 is 2.78 bits per heavy atom. The zero-order valence-electron chi connectivity index (χ0n) is 15.0. The SMILES string of the molecule is Cc1ccc(C(C)NCC2CCCCN2C(=O)OC(C)(C)C)s1. The van der Waals surface area contributed by atoms with Crippen molar-refractivity contribution < 1.29 is 9.53 Å². The molecule has 2 rings (SSSR count). The van der Waals surface area contributed by atoms with Crippen molar-refractivity contribution in [3.63, 3.8) is 0 Å². The topological polar surface area (TPSA) is 41.6 Å². The molecule has 130 valence electrons. The molecule has 1 saturated heterocycles. The number of nitrogens with one attached hydrogen (secondary N) is 1. The minimum absolute atomic E-state index is 0.177. The lowest BCUT2D eigenvalue weighted by Crippen LogP contribution is -2.50. The maximum Gasteiger partial charge on any atom is 0.410 e. The van der Waals surface area contributed by atoms with Crippen LogP contribution >= 0.6 is 11.3 Å². The Balaban J connectivity index is 1.92. The number of piperidine rings is 1. The molecule has 0 bridgehead atoms. The van der Waals surface area contributed by atoms with Gasteiger partial charge in [0.2, 0.25) is 0 Å². The zero-order chi connectivity index (χ0) is 17.0. The lowest BCUT2D eigenvalue weighted by atomic mass is 10.0. The van der Waals surface area contributed by atoms with Crippen LogP contribution in [0.2, 0.25) is 0 Å². The number of ether oxygens (including phenoxy) is 1. The van der Waals surface area contributed by atoms with E-state index in [0.29, 0.717) is 6.04 Å². The van der Waals surface area contributed by atoms with E-state index in [1.165, 1.54) is 16.2 Å². The molecule has 23 heavy (non-hydrogen) atoms. The van der Waals surface area contributed by atoms with Crippen LogP contribution in [0.1, 0.15) is 62.8 Å². The third kappa shape index (κ3) is 5.50. The summed E-state index contributed by atoms with van der Waals surface area (Å²) in [6, 6.07) is 4.88. The first-order valence-corrected chi connectivity index (χ1v) is 9.37. The zero-order valence-corrected chi connectivity index (χ0v) is 15.8. The fourth-order valence-electron chi connectivity index (χ4n) is 2.87. The van der Waals surface area contributed by atoms with Gasteiger partial charge in [-0.15, -0.1) is 11.3 Å². The summed E-state index contributed by atoms with van der Waals surface area (Å²) in [5, 5.41) is 3.59. The molecule has 0 aliphatic carbocycles. The molecular weight excluding hydrogens is 308 g/mol. The monoisotopic (exact) mass is 338 g/mol. The summed E-state index contributed by atoms with van der Waals surface area (Å²) >= 11 is 1.83. The Labute approximate surface area is 144 Å². The number of thiophene rings is 1. The van der Waals surface area contributed by atoms with Crippen molar-refractivity contribution in [3.05, 3.63) is 21.9 Å². The minimum atomic E-state index is -0.436. The van der Waals surface area contributed by atoms with E-state index in [1.54, 1.807) is 0 Å². The van der Waals surface area contributed by atoms with Gasteiger partial charge in [-0.05, 0) is 66.0 Å². The van der Waals surface area contributed by atoms with Gasteiger partial charge >= 0.3 is 6.09 Å². The fraction of sp³-hybridized carbons (Fsp3) is 0.722. The van der Waals surface area contributed by atoms with Crippen LogP contribution in [0, 0.1) is 6.92 Å². The number of hydrogen-bond acceptors (Lipinski definition) is 4. The van der Waals surface area contributed by atoms with Crippen molar-refractivity contribution in [1.29, 1.82) is 0 Å². The maximum atomic E-state index is 12.4. The van der Waals surface area contributed by atoms with Crippen molar-refractivity contribution in [2.24, 2.45) is 0 Å². The molecule has 1 aromatic rings. The molecule has 0 saturated carbocycles. The molecule has 1 fully saturated rings. The molecule has 2 atom stereocenters. The van der Waals surface area contributed by atoms with Gasteiger partial charge < -0.3 is 15.0 Å². The van der Waals surface area contributed by atoms with Crippen LogP contribution in [0.25, 0.3) is 0 Å². The Hall–Kier alpha value is -1.07. The Morgan fingerprint density at radius 2 is 2.17 bits per heavy atom. The van der Waals surface area contributed by atoms with E-state index < -0.39 is 5.60 Å². The van der Waals surface area contributed by atoms with Gasteiger partial charge in [-0.1, -0.05) is 0 Å². The number of nitrogens with zero attached hydrogens (tertiary/aromatic N) is 1. The molecular formula is C18H30N2O2S. The van der Waals surface area contributed by atoms with E-state index in [0.717, 1.165) is 25.9 Å². The van der Waals surface area contributed by atoms with Crippen molar-refractivity contribution >= 4 is 17.4 Å². The summed E-state index contributed by atoms with van der Waals surface area (Å²) in [7, 11) is 0. The summed E-state index contributed by atoms with van der Waals surface area (Å²) < 4.78 is 5.56. The summed E-state index contributed by atoms with van der Waals surface area (Å²) in [5.41, 5.74) is -0.436. The van der Waals surface area contributed by atoms with Crippen LogP contribution in [0.5, 0.6) is 0 Å². The van der Waals surface area contributed by atoms with Crippen LogP contribution in [0.15, 0.2) is 12.1 Å². The van der Waals surface area contributed by atoms with Crippen LogP contribution in [-0.2, 0) is 4.74 Å². The molecule has 5 heteroatoms. The number of amides is 1. The smallest absolute Gasteiger partial charge is 0.410 e. The highest BCUT2D eigenvalue weighted by atomic mass is 32.1. The summed E-state index contributed by atoms with van der Waals surface area (Å²) in [5.74, 6) is 0. The van der Waals surface area contributed by atoms with Gasteiger partial charge in [0.05, 0.1) is 0 Å². The first-order chi connectivity index (χ1) is 10.8. The number of aryl methyl sites for hydroxylation is 1. The molecule has 1 aromatic heterocycles. The fourth-order valence-corrected chi connectivity index (χ4v) is 3.78. The Morgan fingerprint density at radius 1 is 1.43 bits per heavy atom. The van der Waals surface area contributed by atoms with Crippen molar-refractivity contribution in [2.75, 3.05) is 13.1 Å². The number of carbonyl (C=O) groups excluding carboxylic acids is 1. The molecule has 0 aromatic carbocycles. The van der Waals surface area contributed by atoms with E-state index in [4.69, 9.17) is 4.74 Å². The quantitative estimate of drug-likeness (QED) is 0.879. The number of carbonyl (C=O) groups is 1. The summed E-state index contributed by atoms with van der Waals surface area (Å²) in [4.78, 5) is 17.0. The van der Waals surface area contributed by atoms with E-state index >= 15 is 0 Å². The predicted octanol–water partition coefficient (Wildman–Crippen LogP) is 4.50. The molecule has 0 spiro atoms. The van der Waals surface area contributed by atoms with E-state index in [-0.39, 0.29) is 12.1 Å². The average molecular weight is 339 g/mol. The highest BCUT2D eigenvalue weighted by Gasteiger charge is 2.30. The molecule has 1 aliphatic heterocycles. The highest BCUT2D eigenvalue weighted by molar-refractivity contribution is 7.12. The second kappa shape index (κ2) is 7.67. The van der Waals surface area contributed by atoms with Crippen LogP contribution in [-0.4, -0.2) is 35.7 Å². The number of likely N-dealkylation sites (tertiary alicyclic amines) is 1. The van der Waals surface area contributed by atoms with Gasteiger partial charge in [-0.2, -0.15) is 0 Å². The second-order valence-electron chi connectivity index (χ2n) is 7.40. The van der Waals surface area contributed by atoms with Gasteiger partial charge in [0.15, 0.2) is 0 Å². The first kappa shape index (κ1) is 18.3. The van der Waals surface area contributed by atoms with E-state index in [9.17, 15) is 4.79 Å². The number of hydrogen-bond donors (Lipinski definition) is 1. The minimum Gasteiger partial charge on any atom is -0.444 e. The van der Waals surface area contributed by atoms with Crippen LogP contribution in [0.3, 0.4) is 0 Å². The first-order valence-electron chi connectivity index (χ1n) is 8.55. The lowest BCUT2D eigenvalue weighted by Gasteiger charge is -2.37. The Bertz CT molecular complexity index is 521. The van der Waals surface area contributed by atoms with Crippen molar-refractivity contribution in [3.8, 4) is 0 Å². The Kier molecular flexibility index (Phi) is 6.09. The summed E-state index contributed by atoms with van der Waals surface area (Å²) in [6.07, 6.45) is 3.11. The molecule has 2 unspecified atom stereocenters. The van der Waals surface area contributed by atoms with Gasteiger partial charge in [-0.3, -0.25) is 0 Å².